The lowest BCUT2D eigenvalue weighted by atomic mass is 9.83. The molecule has 6 nitrogen and oxygen atoms in total. The van der Waals surface area contributed by atoms with E-state index in [-0.39, 0.29) is 12.5 Å². The Bertz CT molecular complexity index is 816. The summed E-state index contributed by atoms with van der Waals surface area (Å²) in [6, 6.07) is 7.00. The summed E-state index contributed by atoms with van der Waals surface area (Å²) in [6.45, 7) is 8.42. The molecule has 0 radical (unpaired) electrons. The summed E-state index contributed by atoms with van der Waals surface area (Å²) in [5.74, 6) is -0.215. The molecule has 0 bridgehead atoms. The van der Waals surface area contributed by atoms with Gasteiger partial charge < -0.3 is 10.0 Å². The molecule has 4 rings (SSSR count). The second-order valence-electron chi connectivity index (χ2n) is 9.28. The van der Waals surface area contributed by atoms with Gasteiger partial charge in [-0.15, -0.1) is 6.58 Å². The van der Waals surface area contributed by atoms with Crippen LogP contribution in [0.4, 0.5) is 10.5 Å². The first-order chi connectivity index (χ1) is 15.0. The molecule has 1 N–H and O–H groups in total. The van der Waals surface area contributed by atoms with Gasteiger partial charge in [0.1, 0.15) is 0 Å². The molecule has 31 heavy (non-hydrogen) atoms. The summed E-state index contributed by atoms with van der Waals surface area (Å²) in [6.07, 6.45) is 9.11. The van der Waals surface area contributed by atoms with Crippen molar-refractivity contribution in [2.75, 3.05) is 37.6 Å². The van der Waals surface area contributed by atoms with Crippen molar-refractivity contribution in [2.24, 2.45) is 5.92 Å². The molecule has 1 saturated carbocycles. The van der Waals surface area contributed by atoms with Gasteiger partial charge in [0.05, 0.1) is 0 Å². The van der Waals surface area contributed by atoms with Crippen molar-refractivity contribution in [3.8, 4) is 0 Å². The summed E-state index contributed by atoms with van der Waals surface area (Å²) >= 11 is 0. The van der Waals surface area contributed by atoms with Crippen LogP contribution in [-0.2, 0) is 17.6 Å². The van der Waals surface area contributed by atoms with Gasteiger partial charge in [0.25, 0.3) is 0 Å². The highest BCUT2D eigenvalue weighted by molar-refractivity contribution is 5.94. The molecule has 168 valence electrons. The number of aliphatic carboxylic acids is 1. The molecule has 1 aromatic rings. The Morgan fingerprint density at radius 1 is 1.06 bits per heavy atom. The molecule has 2 fully saturated rings. The van der Waals surface area contributed by atoms with E-state index in [1.54, 1.807) is 0 Å². The Morgan fingerprint density at radius 2 is 1.81 bits per heavy atom. The fourth-order valence-electron chi connectivity index (χ4n) is 5.50. The van der Waals surface area contributed by atoms with Gasteiger partial charge in [-0.25, -0.2) is 4.79 Å². The monoisotopic (exact) mass is 425 g/mol. The minimum absolute atomic E-state index is 0.135. The van der Waals surface area contributed by atoms with Crippen molar-refractivity contribution in [1.82, 2.24) is 9.80 Å². The van der Waals surface area contributed by atoms with Crippen molar-refractivity contribution in [3.05, 3.63) is 42.0 Å². The van der Waals surface area contributed by atoms with Crippen LogP contribution in [0.5, 0.6) is 0 Å². The third-order valence-corrected chi connectivity index (χ3v) is 7.35. The summed E-state index contributed by atoms with van der Waals surface area (Å²) in [5.41, 5.74) is 3.80. The Morgan fingerprint density at radius 3 is 2.52 bits per heavy atom. The van der Waals surface area contributed by atoms with Gasteiger partial charge in [-0.3, -0.25) is 14.6 Å². The Kier molecular flexibility index (Phi) is 6.96. The van der Waals surface area contributed by atoms with E-state index in [0.29, 0.717) is 12.0 Å². The van der Waals surface area contributed by atoms with Gasteiger partial charge in [0, 0.05) is 50.9 Å². The zero-order valence-electron chi connectivity index (χ0n) is 18.5. The fourth-order valence-corrected chi connectivity index (χ4v) is 5.50. The number of hydrogen-bond donors (Lipinski definition) is 1. The normalized spacial score (nSPS) is 24.7. The number of carboxylic acids is 1. The van der Waals surface area contributed by atoms with Crippen molar-refractivity contribution in [1.29, 1.82) is 0 Å². The second-order valence-corrected chi connectivity index (χ2v) is 9.28. The van der Waals surface area contributed by atoms with Gasteiger partial charge in [0.2, 0.25) is 0 Å². The standard InChI is InChI=1S/C25H35N3O3/c1-2-13-26-14-11-20-6-9-23(18-21(20)12-15-26)28-17-16-27(25(28)31)22-7-3-19(4-8-22)5-10-24(29)30/h2,6,9,18-19,22H,1,3-5,7-8,10-17H2,(H,29,30)/t19-,22-. The molecule has 1 saturated heterocycles. The van der Waals surface area contributed by atoms with Crippen LogP contribution in [0.25, 0.3) is 0 Å². The lowest BCUT2D eigenvalue weighted by Gasteiger charge is -2.34. The van der Waals surface area contributed by atoms with E-state index in [4.69, 9.17) is 5.11 Å². The topological polar surface area (TPSA) is 64.1 Å². The molecule has 1 aromatic carbocycles. The third kappa shape index (κ3) is 5.12. The number of anilines is 1. The second kappa shape index (κ2) is 9.86. The lowest BCUT2D eigenvalue weighted by molar-refractivity contribution is -0.137. The van der Waals surface area contributed by atoms with Crippen molar-refractivity contribution < 1.29 is 14.7 Å². The third-order valence-electron chi connectivity index (χ3n) is 7.35. The number of nitrogens with zero attached hydrogens (tertiary/aromatic N) is 3. The minimum Gasteiger partial charge on any atom is -0.481 e. The zero-order chi connectivity index (χ0) is 21.8. The molecular weight excluding hydrogens is 390 g/mol. The van der Waals surface area contributed by atoms with Crippen LogP contribution in [0.2, 0.25) is 0 Å². The van der Waals surface area contributed by atoms with Crippen LogP contribution < -0.4 is 4.90 Å². The molecule has 2 heterocycles. The molecule has 6 heteroatoms. The first-order valence-corrected chi connectivity index (χ1v) is 11.8. The van der Waals surface area contributed by atoms with Crippen molar-refractivity contribution >= 4 is 17.7 Å². The number of benzene rings is 1. The highest BCUT2D eigenvalue weighted by Gasteiger charge is 2.36. The molecule has 0 spiro atoms. The Balaban J connectivity index is 1.36. The van der Waals surface area contributed by atoms with E-state index < -0.39 is 5.97 Å². The molecule has 0 aromatic heterocycles. The van der Waals surface area contributed by atoms with E-state index in [0.717, 1.165) is 83.4 Å². The van der Waals surface area contributed by atoms with Crippen LogP contribution in [0, 0.1) is 5.92 Å². The maximum atomic E-state index is 13.2. The number of fused-ring (bicyclic) bond motifs is 1. The van der Waals surface area contributed by atoms with Gasteiger partial charge >= 0.3 is 12.0 Å². The fraction of sp³-hybridized carbons (Fsp3) is 0.600. The number of amides is 2. The summed E-state index contributed by atoms with van der Waals surface area (Å²) in [5, 5.41) is 8.90. The van der Waals surface area contributed by atoms with Crippen molar-refractivity contribution in [3.63, 3.8) is 0 Å². The van der Waals surface area contributed by atoms with Crippen LogP contribution in [-0.4, -0.2) is 65.7 Å². The smallest absolute Gasteiger partial charge is 0.324 e. The van der Waals surface area contributed by atoms with Gasteiger partial charge in [-0.1, -0.05) is 12.1 Å². The van der Waals surface area contributed by atoms with E-state index in [1.165, 1.54) is 11.1 Å². The molecule has 0 atom stereocenters. The SMILES string of the molecule is C=CCN1CCc2ccc(N3CCN([C@H]4CC[C@H](CCC(=O)O)CC4)C3=O)cc2CC1. The van der Waals surface area contributed by atoms with E-state index in [1.807, 2.05) is 11.0 Å². The van der Waals surface area contributed by atoms with Gasteiger partial charge in [-0.2, -0.15) is 0 Å². The number of carboxylic acid groups (broad SMARTS) is 1. The zero-order valence-corrected chi connectivity index (χ0v) is 18.5. The molecule has 1 aliphatic carbocycles. The summed E-state index contributed by atoms with van der Waals surface area (Å²) in [4.78, 5) is 30.5. The maximum absolute atomic E-state index is 13.2. The number of carbonyl (C=O) groups excluding carboxylic acids is 1. The molecule has 2 aliphatic heterocycles. The van der Waals surface area contributed by atoms with Crippen molar-refractivity contribution in [2.45, 2.75) is 57.4 Å². The summed E-state index contributed by atoms with van der Waals surface area (Å²) in [7, 11) is 0. The minimum atomic E-state index is -0.707. The van der Waals surface area contributed by atoms with E-state index in [2.05, 4.69) is 34.6 Å². The largest absolute Gasteiger partial charge is 0.481 e. The quantitative estimate of drug-likeness (QED) is 0.672. The predicted octanol–water partition coefficient (Wildman–Crippen LogP) is 3.94. The number of urea groups is 1. The Hall–Kier alpha value is -2.34. The van der Waals surface area contributed by atoms with Gasteiger partial charge in [0.15, 0.2) is 0 Å². The molecule has 0 unspecified atom stereocenters. The van der Waals surface area contributed by atoms with Crippen LogP contribution >= 0.6 is 0 Å². The molecule has 2 amide bonds. The van der Waals surface area contributed by atoms with Crippen LogP contribution in [0.15, 0.2) is 30.9 Å². The first kappa shape index (κ1) is 21.9. The highest BCUT2D eigenvalue weighted by Crippen LogP contribution is 2.33. The van der Waals surface area contributed by atoms with Crippen LogP contribution in [0.3, 0.4) is 0 Å². The summed E-state index contributed by atoms with van der Waals surface area (Å²) < 4.78 is 0. The molecule has 3 aliphatic rings. The average molecular weight is 426 g/mol. The maximum Gasteiger partial charge on any atom is 0.324 e. The highest BCUT2D eigenvalue weighted by atomic mass is 16.4. The van der Waals surface area contributed by atoms with E-state index >= 15 is 0 Å². The number of rotatable bonds is 7. The molecular formula is C25H35N3O3. The number of carbonyl (C=O) groups is 2. The van der Waals surface area contributed by atoms with Gasteiger partial charge in [-0.05, 0) is 74.1 Å². The average Bonchev–Trinajstić information content (AvgIpc) is 3.04. The Labute approximate surface area is 185 Å². The lowest BCUT2D eigenvalue weighted by Crippen LogP contribution is -2.41. The predicted molar refractivity (Wildman–Crippen MR) is 123 cm³/mol. The van der Waals surface area contributed by atoms with E-state index in [9.17, 15) is 9.59 Å². The number of hydrogen-bond acceptors (Lipinski definition) is 3. The van der Waals surface area contributed by atoms with Crippen LogP contribution in [0.1, 0.15) is 49.7 Å². The first-order valence-electron chi connectivity index (χ1n) is 11.8.